The molecule has 0 atom stereocenters. The number of rotatable bonds is 7. The van der Waals surface area contributed by atoms with Gasteiger partial charge < -0.3 is 4.74 Å². The minimum Gasteiger partial charge on any atom is -0.496 e. The molecule has 1 aliphatic heterocycles. The van der Waals surface area contributed by atoms with E-state index in [1.54, 1.807) is 19.5 Å². The number of halogens is 1. The van der Waals surface area contributed by atoms with E-state index in [-0.39, 0.29) is 0 Å². The van der Waals surface area contributed by atoms with Gasteiger partial charge in [0, 0.05) is 10.6 Å². The maximum Gasteiger partial charge on any atom is 0.311 e. The Balaban J connectivity index is 1.44. The van der Waals surface area contributed by atoms with Gasteiger partial charge in [0.05, 0.1) is 13.7 Å². The summed E-state index contributed by atoms with van der Waals surface area (Å²) in [6.45, 7) is 3.91. The second-order valence-corrected chi connectivity index (χ2v) is 7.95. The van der Waals surface area contributed by atoms with Crippen molar-refractivity contribution < 1.29 is 9.53 Å². The molecule has 1 radical (unpaired) electrons. The van der Waals surface area contributed by atoms with Gasteiger partial charge in [-0.3, -0.25) is 9.69 Å². The third-order valence-corrected chi connectivity index (χ3v) is 5.69. The first-order valence-electron chi connectivity index (χ1n) is 10.3. The van der Waals surface area contributed by atoms with Crippen molar-refractivity contribution in [2.45, 2.75) is 19.3 Å². The summed E-state index contributed by atoms with van der Waals surface area (Å²) in [4.78, 5) is 17.4. The van der Waals surface area contributed by atoms with Crippen LogP contribution in [0.3, 0.4) is 0 Å². The number of hydrogen-bond donors (Lipinski definition) is 0. The van der Waals surface area contributed by atoms with Crippen LogP contribution >= 0.6 is 11.6 Å². The van der Waals surface area contributed by atoms with Gasteiger partial charge in [-0.15, -0.1) is 0 Å². The highest BCUT2D eigenvalue weighted by molar-refractivity contribution is 6.30. The molecule has 30 heavy (non-hydrogen) atoms. The van der Waals surface area contributed by atoms with Crippen molar-refractivity contribution in [2.75, 3.05) is 33.3 Å². The van der Waals surface area contributed by atoms with E-state index in [2.05, 4.69) is 27.9 Å². The van der Waals surface area contributed by atoms with Crippen LogP contribution in [0.1, 0.15) is 29.5 Å². The average molecular weight is 423 g/mol. The lowest BCUT2D eigenvalue weighted by Gasteiger charge is -2.30. The van der Waals surface area contributed by atoms with Crippen LogP contribution in [0.5, 0.6) is 5.75 Å². The Morgan fingerprint density at radius 2 is 1.97 bits per heavy atom. The highest BCUT2D eigenvalue weighted by atomic mass is 35.5. The minimum absolute atomic E-state index is 0.702. The second kappa shape index (κ2) is 11.5. The molecule has 3 rings (SSSR count). The smallest absolute Gasteiger partial charge is 0.311 e. The zero-order chi connectivity index (χ0) is 21.2. The van der Waals surface area contributed by atoms with Gasteiger partial charge >= 0.3 is 6.07 Å². The Bertz CT molecular complexity index is 920. The summed E-state index contributed by atoms with van der Waals surface area (Å²) < 4.78 is 5.30. The summed E-state index contributed by atoms with van der Waals surface area (Å²) in [7, 11) is 1.60. The van der Waals surface area contributed by atoms with Crippen LogP contribution in [0.4, 0.5) is 0 Å². The fourth-order valence-electron chi connectivity index (χ4n) is 3.76. The van der Waals surface area contributed by atoms with E-state index in [1.165, 1.54) is 24.5 Å². The predicted octanol–water partition coefficient (Wildman–Crippen LogP) is 5.11. The molecule has 0 amide bonds. The van der Waals surface area contributed by atoms with Crippen molar-refractivity contribution in [3.63, 3.8) is 0 Å². The van der Waals surface area contributed by atoms with Crippen LogP contribution in [-0.2, 0) is 11.2 Å². The zero-order valence-corrected chi connectivity index (χ0v) is 18.1. The number of nitrogens with zero attached hydrogens (tertiary/aromatic N) is 2. The van der Waals surface area contributed by atoms with Crippen LogP contribution in [0.2, 0.25) is 5.02 Å². The summed E-state index contributed by atoms with van der Waals surface area (Å²) in [5.41, 5.74) is 3.05. The number of methoxy groups -OCH3 is 1. The predicted molar refractivity (Wildman–Crippen MR) is 123 cm³/mol. The van der Waals surface area contributed by atoms with Crippen molar-refractivity contribution in [3.05, 3.63) is 75.1 Å². The molecule has 0 aliphatic carbocycles. The number of benzene rings is 2. The third kappa shape index (κ3) is 6.73. The highest BCUT2D eigenvalue weighted by Gasteiger charge is 2.20. The first-order chi connectivity index (χ1) is 14.7. The second-order valence-electron chi connectivity index (χ2n) is 7.52. The van der Waals surface area contributed by atoms with Crippen LogP contribution < -0.4 is 4.74 Å². The Morgan fingerprint density at radius 1 is 1.20 bits per heavy atom. The first-order valence-corrected chi connectivity index (χ1v) is 10.7. The summed E-state index contributed by atoms with van der Waals surface area (Å²) in [6, 6.07) is 17.0. The van der Waals surface area contributed by atoms with E-state index < -0.39 is 0 Å². The number of hydrogen-bond acceptors (Lipinski definition) is 3. The van der Waals surface area contributed by atoms with Gasteiger partial charge in [-0.1, -0.05) is 28.6 Å². The number of allylic oxidation sites excluding steroid dienone is 1. The van der Waals surface area contributed by atoms with E-state index in [0.717, 1.165) is 54.7 Å². The van der Waals surface area contributed by atoms with Crippen molar-refractivity contribution in [2.24, 2.45) is 5.92 Å². The topological polar surface area (TPSA) is 33.9 Å². The van der Waals surface area contributed by atoms with E-state index in [9.17, 15) is 4.79 Å². The minimum atomic E-state index is 0.702. The molecular weight excluding hydrogens is 396 g/mol. The van der Waals surface area contributed by atoms with Gasteiger partial charge in [0.2, 0.25) is 6.29 Å². The molecule has 1 heterocycles. The quantitative estimate of drug-likeness (QED) is 0.581. The van der Waals surface area contributed by atoms with E-state index >= 15 is 0 Å². The number of piperidine rings is 1. The molecule has 4 nitrogen and oxygen atoms in total. The van der Waals surface area contributed by atoms with Gasteiger partial charge in [0.1, 0.15) is 11.3 Å². The van der Waals surface area contributed by atoms with Gasteiger partial charge in [-0.25, -0.2) is 0 Å². The fourth-order valence-corrected chi connectivity index (χ4v) is 3.89. The molecular formula is C25H27ClN2O2+. The van der Waals surface area contributed by atoms with E-state index in [1.807, 2.05) is 30.3 Å². The molecule has 5 heteroatoms. The van der Waals surface area contributed by atoms with Crippen LogP contribution in [0.25, 0.3) is 10.9 Å². The van der Waals surface area contributed by atoms with E-state index in [4.69, 9.17) is 16.3 Å². The van der Waals surface area contributed by atoms with E-state index in [0.29, 0.717) is 5.75 Å². The maximum atomic E-state index is 10.5. The van der Waals surface area contributed by atoms with Crippen molar-refractivity contribution in [1.29, 1.82) is 0 Å². The Hall–Kier alpha value is -2.61. The molecule has 0 N–H and O–H groups in total. The molecule has 2 aromatic rings. The average Bonchev–Trinajstić information content (AvgIpc) is 2.78. The number of ether oxygens (including phenoxy) is 1. The Labute approximate surface area is 183 Å². The monoisotopic (exact) mass is 422 g/mol. The Kier molecular flexibility index (Phi) is 8.50. The van der Waals surface area contributed by atoms with Crippen molar-refractivity contribution in [3.8, 4) is 11.8 Å². The molecule has 0 bridgehead atoms. The molecule has 0 unspecified atom stereocenters. The summed E-state index contributed by atoms with van der Waals surface area (Å²) in [5.74, 6) is 1.44. The Morgan fingerprint density at radius 3 is 2.67 bits per heavy atom. The molecule has 0 aromatic heterocycles. The lowest BCUT2D eigenvalue weighted by atomic mass is 9.90. The van der Waals surface area contributed by atoms with Gasteiger partial charge in [-0.05, 0) is 86.3 Å². The maximum absolute atomic E-state index is 10.5. The zero-order valence-electron chi connectivity index (χ0n) is 17.3. The van der Waals surface area contributed by atoms with Crippen LogP contribution in [0.15, 0.2) is 48.5 Å². The molecule has 2 aromatic carbocycles. The van der Waals surface area contributed by atoms with Gasteiger partial charge in [-0.2, -0.15) is 0 Å². The summed E-state index contributed by atoms with van der Waals surface area (Å²) in [6.07, 6.45) is 8.33. The molecule has 1 aliphatic rings. The summed E-state index contributed by atoms with van der Waals surface area (Å²) >= 11 is 5.97. The number of carbonyl (C=O) groups excluding carboxylic acids is 1. The largest absolute Gasteiger partial charge is 0.496 e. The van der Waals surface area contributed by atoms with Gasteiger partial charge in [0.25, 0.3) is 6.54 Å². The molecule has 1 fully saturated rings. The standard InChI is InChI=1S/C25H27ClN2O2/c1-30-25-9-6-22(18-23(25)3-2-16-29)19-27-12-15-28-13-10-21(11-14-28)17-20-4-7-24(26)8-5-20/h2-9,18,21H,10-15,17H2,1H3/q+1/b3-2+. The molecule has 1 saturated heterocycles. The molecule has 0 saturated carbocycles. The third-order valence-electron chi connectivity index (χ3n) is 5.44. The van der Waals surface area contributed by atoms with Gasteiger partial charge in [0.15, 0.2) is 0 Å². The normalized spacial score (nSPS) is 15.0. The van der Waals surface area contributed by atoms with Crippen molar-refractivity contribution >= 4 is 24.0 Å². The highest BCUT2D eigenvalue weighted by Crippen LogP contribution is 2.23. The number of likely N-dealkylation sites (tertiary alicyclic amines) is 1. The summed E-state index contributed by atoms with van der Waals surface area (Å²) in [5, 5.41) is 0.799. The fraction of sp³-hybridized carbons (Fsp3) is 0.360. The SMILES string of the molecule is COc1ccc(C#[N+]CCN2CCC(Cc3ccc(Cl)cc3)CC2)cc1/C=C/[C]=O. The lowest BCUT2D eigenvalue weighted by molar-refractivity contribution is 0.191. The lowest BCUT2D eigenvalue weighted by Crippen LogP contribution is -2.35. The van der Waals surface area contributed by atoms with Crippen LogP contribution in [-0.4, -0.2) is 44.5 Å². The molecule has 0 spiro atoms. The first kappa shape index (κ1) is 22.1. The molecule has 155 valence electrons. The van der Waals surface area contributed by atoms with Crippen molar-refractivity contribution in [1.82, 2.24) is 4.90 Å². The van der Waals surface area contributed by atoms with Crippen LogP contribution in [0, 0.1) is 12.0 Å².